The lowest BCUT2D eigenvalue weighted by Gasteiger charge is -2.12. The molecule has 1 N–H and O–H groups in total. The van der Waals surface area contributed by atoms with Gasteiger partial charge in [-0.05, 0) is 91.5 Å². The zero-order chi connectivity index (χ0) is 14.9. The van der Waals surface area contributed by atoms with Crippen LogP contribution in [-0.2, 0) is 0 Å². The van der Waals surface area contributed by atoms with E-state index in [1.165, 1.54) is 0 Å². The molecule has 0 fully saturated rings. The fourth-order valence-corrected chi connectivity index (χ4v) is 3.85. The van der Waals surface area contributed by atoms with E-state index in [2.05, 4.69) is 53.1 Å². The molecule has 0 bridgehead atoms. The molecule has 0 radical (unpaired) electrons. The van der Waals surface area contributed by atoms with E-state index < -0.39 is 0 Å². The Balaban J connectivity index is 2.35. The third-order valence-corrected chi connectivity index (χ3v) is 4.73. The van der Waals surface area contributed by atoms with E-state index in [0.29, 0.717) is 5.56 Å². The molecule has 2 aromatic rings. The maximum atomic E-state index is 12.4. The number of amides is 1. The molecule has 0 unspecified atom stereocenters. The lowest BCUT2D eigenvalue weighted by atomic mass is 10.1. The van der Waals surface area contributed by atoms with E-state index in [1.54, 1.807) is 0 Å². The molecular weight excluding hydrogens is 450 g/mol. The Hall–Kier alpha value is -0.650. The van der Waals surface area contributed by atoms with Crippen molar-refractivity contribution in [2.45, 2.75) is 13.8 Å². The van der Waals surface area contributed by atoms with Crippen LogP contribution in [0.5, 0.6) is 0 Å². The smallest absolute Gasteiger partial charge is 0.256 e. The number of aryl methyl sites for hydroxylation is 2. The minimum Gasteiger partial charge on any atom is -0.320 e. The topological polar surface area (TPSA) is 29.1 Å². The molecule has 0 aliphatic carbocycles. The van der Waals surface area contributed by atoms with Crippen molar-refractivity contribution in [2.24, 2.45) is 0 Å². The summed E-state index contributed by atoms with van der Waals surface area (Å²) in [5.74, 6) is -0.147. The molecule has 0 atom stereocenters. The van der Waals surface area contributed by atoms with Crippen molar-refractivity contribution in [1.82, 2.24) is 0 Å². The van der Waals surface area contributed by atoms with Crippen LogP contribution in [0.1, 0.15) is 21.5 Å². The van der Waals surface area contributed by atoms with Crippen LogP contribution in [0.2, 0.25) is 0 Å². The molecule has 0 heterocycles. The van der Waals surface area contributed by atoms with E-state index in [9.17, 15) is 4.79 Å². The molecule has 20 heavy (non-hydrogen) atoms. The zero-order valence-corrected chi connectivity index (χ0v) is 15.7. The maximum Gasteiger partial charge on any atom is 0.256 e. The summed E-state index contributed by atoms with van der Waals surface area (Å²) in [6.45, 7) is 3.96. The number of carbonyl (C=O) groups is 1. The third-order valence-electron chi connectivity index (χ3n) is 2.79. The predicted octanol–water partition coefficient (Wildman–Crippen LogP) is 5.84. The number of rotatable bonds is 2. The van der Waals surface area contributed by atoms with Crippen LogP contribution in [-0.4, -0.2) is 5.91 Å². The van der Waals surface area contributed by atoms with Crippen LogP contribution in [0.25, 0.3) is 0 Å². The van der Waals surface area contributed by atoms with Gasteiger partial charge in [-0.25, -0.2) is 0 Å². The van der Waals surface area contributed by atoms with E-state index in [-0.39, 0.29) is 5.91 Å². The van der Waals surface area contributed by atoms with Crippen LogP contribution >= 0.6 is 47.8 Å². The average molecular weight is 462 g/mol. The Morgan fingerprint density at radius 2 is 1.50 bits per heavy atom. The van der Waals surface area contributed by atoms with Crippen molar-refractivity contribution in [3.8, 4) is 0 Å². The normalized spacial score (nSPS) is 10.4. The van der Waals surface area contributed by atoms with Crippen LogP contribution in [0.4, 0.5) is 5.69 Å². The Kier molecular flexibility index (Phi) is 5.04. The van der Waals surface area contributed by atoms with Crippen LogP contribution in [0.15, 0.2) is 43.7 Å². The SMILES string of the molecule is Cc1cc(Br)c(NC(=O)c2cc(C)ccc2Br)c(Br)c1. The van der Waals surface area contributed by atoms with Gasteiger partial charge >= 0.3 is 0 Å². The fourth-order valence-electron chi connectivity index (χ4n) is 1.81. The summed E-state index contributed by atoms with van der Waals surface area (Å²) in [5.41, 5.74) is 3.50. The van der Waals surface area contributed by atoms with Gasteiger partial charge < -0.3 is 5.32 Å². The van der Waals surface area contributed by atoms with Gasteiger partial charge in [-0.1, -0.05) is 11.6 Å². The summed E-state index contributed by atoms with van der Waals surface area (Å²) in [6, 6.07) is 9.62. The largest absolute Gasteiger partial charge is 0.320 e. The highest BCUT2D eigenvalue weighted by atomic mass is 79.9. The Labute approximate surface area is 143 Å². The van der Waals surface area contributed by atoms with E-state index in [4.69, 9.17) is 0 Å². The predicted molar refractivity (Wildman–Crippen MR) is 93.4 cm³/mol. The Bertz CT molecular complexity index is 660. The first kappa shape index (κ1) is 15.7. The lowest BCUT2D eigenvalue weighted by molar-refractivity contribution is 0.102. The quantitative estimate of drug-likeness (QED) is 0.597. The highest BCUT2D eigenvalue weighted by Crippen LogP contribution is 2.33. The van der Waals surface area contributed by atoms with Gasteiger partial charge in [0.05, 0.1) is 11.3 Å². The van der Waals surface area contributed by atoms with Gasteiger partial charge in [0, 0.05) is 13.4 Å². The van der Waals surface area contributed by atoms with Gasteiger partial charge in [-0.3, -0.25) is 4.79 Å². The van der Waals surface area contributed by atoms with Crippen molar-refractivity contribution >= 4 is 59.4 Å². The molecule has 1 amide bonds. The summed E-state index contributed by atoms with van der Waals surface area (Å²) in [4.78, 5) is 12.4. The second-order valence-corrected chi connectivity index (χ2v) is 7.10. The molecule has 104 valence electrons. The lowest BCUT2D eigenvalue weighted by Crippen LogP contribution is -2.13. The third kappa shape index (κ3) is 3.51. The van der Waals surface area contributed by atoms with Gasteiger partial charge in [-0.2, -0.15) is 0 Å². The molecule has 0 aliphatic rings. The van der Waals surface area contributed by atoms with Gasteiger partial charge in [0.25, 0.3) is 5.91 Å². The zero-order valence-electron chi connectivity index (χ0n) is 10.9. The minimum atomic E-state index is -0.147. The average Bonchev–Trinajstić information content (AvgIpc) is 2.36. The summed E-state index contributed by atoms with van der Waals surface area (Å²) in [5, 5.41) is 2.93. The van der Waals surface area contributed by atoms with Crippen LogP contribution < -0.4 is 5.32 Å². The molecule has 2 aromatic carbocycles. The number of nitrogens with one attached hydrogen (secondary N) is 1. The van der Waals surface area contributed by atoms with E-state index in [1.807, 2.05) is 44.2 Å². The van der Waals surface area contributed by atoms with Gasteiger partial charge in [0.15, 0.2) is 0 Å². The summed E-state index contributed by atoms with van der Waals surface area (Å²) in [7, 11) is 0. The van der Waals surface area contributed by atoms with Gasteiger partial charge in [0.2, 0.25) is 0 Å². The number of halogens is 3. The number of hydrogen-bond acceptors (Lipinski definition) is 1. The maximum absolute atomic E-state index is 12.4. The van der Waals surface area contributed by atoms with Crippen LogP contribution in [0, 0.1) is 13.8 Å². The van der Waals surface area contributed by atoms with Crippen molar-refractivity contribution in [3.63, 3.8) is 0 Å². The molecule has 0 spiro atoms. The van der Waals surface area contributed by atoms with Crippen molar-refractivity contribution in [2.75, 3.05) is 5.32 Å². The van der Waals surface area contributed by atoms with Crippen LogP contribution in [0.3, 0.4) is 0 Å². The molecule has 0 saturated carbocycles. The number of benzene rings is 2. The summed E-state index contributed by atoms with van der Waals surface area (Å²) >= 11 is 10.4. The summed E-state index contributed by atoms with van der Waals surface area (Å²) < 4.78 is 2.47. The van der Waals surface area contributed by atoms with Gasteiger partial charge in [-0.15, -0.1) is 0 Å². The molecule has 5 heteroatoms. The van der Waals surface area contributed by atoms with E-state index >= 15 is 0 Å². The first-order valence-corrected chi connectivity index (χ1v) is 8.29. The summed E-state index contributed by atoms with van der Waals surface area (Å²) in [6.07, 6.45) is 0. The first-order valence-electron chi connectivity index (χ1n) is 5.91. The Morgan fingerprint density at radius 3 is 2.10 bits per heavy atom. The minimum absolute atomic E-state index is 0.147. The molecule has 2 nitrogen and oxygen atoms in total. The van der Waals surface area contributed by atoms with Crippen molar-refractivity contribution in [1.29, 1.82) is 0 Å². The number of anilines is 1. The molecule has 0 aliphatic heterocycles. The fraction of sp³-hybridized carbons (Fsp3) is 0.133. The number of hydrogen-bond donors (Lipinski definition) is 1. The molecule has 2 rings (SSSR count). The first-order chi connectivity index (χ1) is 9.38. The second-order valence-electron chi connectivity index (χ2n) is 4.54. The highest BCUT2D eigenvalue weighted by Gasteiger charge is 2.14. The van der Waals surface area contributed by atoms with Crippen molar-refractivity contribution in [3.05, 3.63) is 60.4 Å². The second kappa shape index (κ2) is 6.41. The standard InChI is InChI=1S/C15H12Br3NO/c1-8-3-4-11(16)10(5-8)15(20)19-14-12(17)6-9(2)7-13(14)18/h3-7H,1-2H3,(H,19,20). The molecule has 0 saturated heterocycles. The van der Waals surface area contributed by atoms with Gasteiger partial charge in [0.1, 0.15) is 0 Å². The number of carbonyl (C=O) groups excluding carboxylic acids is 1. The highest BCUT2D eigenvalue weighted by molar-refractivity contribution is 9.11. The van der Waals surface area contributed by atoms with Crippen molar-refractivity contribution < 1.29 is 4.79 Å². The monoisotopic (exact) mass is 459 g/mol. The Morgan fingerprint density at radius 1 is 0.900 bits per heavy atom. The molecular formula is C15H12Br3NO. The molecule has 0 aromatic heterocycles. The van der Waals surface area contributed by atoms with E-state index in [0.717, 1.165) is 30.2 Å².